The maximum Gasteiger partial charge on any atom is 0.326 e. The van der Waals surface area contributed by atoms with Crippen LogP contribution in [-0.4, -0.2) is 51.5 Å². The lowest BCUT2D eigenvalue weighted by molar-refractivity contribution is -0.148. The maximum absolute atomic E-state index is 11.3. The van der Waals surface area contributed by atoms with Gasteiger partial charge in [-0.25, -0.2) is 4.79 Å². The number of carbonyl (C=O) groups excluding carboxylic acids is 2. The lowest BCUT2D eigenvalue weighted by Crippen LogP contribution is -2.44. The quantitative estimate of drug-likeness (QED) is 0.628. The third-order valence-electron chi connectivity index (χ3n) is 2.45. The largest absolute Gasteiger partial charge is 0.480 e. The van der Waals surface area contributed by atoms with Crippen LogP contribution in [0.25, 0.3) is 0 Å². The molecule has 0 aliphatic carbocycles. The predicted molar refractivity (Wildman–Crippen MR) is 49.1 cm³/mol. The number of β-amino-alcohol motifs (C(OH)–C–C–N with tert-alkyl or cyclic N) is 1. The Kier molecular flexibility index (Phi) is 3.41. The van der Waals surface area contributed by atoms with E-state index in [0.29, 0.717) is 0 Å². The molecular weight excluding hydrogens is 202 g/mol. The zero-order chi connectivity index (χ0) is 11.6. The highest BCUT2D eigenvalue weighted by atomic mass is 16.4. The van der Waals surface area contributed by atoms with Crippen molar-refractivity contribution in [3.8, 4) is 0 Å². The van der Waals surface area contributed by atoms with Crippen LogP contribution < -0.4 is 0 Å². The molecule has 1 amide bonds. The second-order valence-corrected chi connectivity index (χ2v) is 3.57. The summed E-state index contributed by atoms with van der Waals surface area (Å²) in [5, 5.41) is 18.1. The van der Waals surface area contributed by atoms with Crippen LogP contribution in [0.5, 0.6) is 0 Å². The SMILES string of the molecule is CC(=O)C(O)CN1C(=O)CC[C@H]1C(=O)O. The summed E-state index contributed by atoms with van der Waals surface area (Å²) in [7, 11) is 0. The molecule has 1 unspecified atom stereocenters. The summed E-state index contributed by atoms with van der Waals surface area (Å²) in [5.41, 5.74) is 0. The zero-order valence-electron chi connectivity index (χ0n) is 8.34. The number of aliphatic hydroxyl groups excluding tert-OH is 1. The average molecular weight is 215 g/mol. The average Bonchev–Trinajstić information content (AvgIpc) is 2.48. The number of carboxylic acids is 1. The van der Waals surface area contributed by atoms with Gasteiger partial charge in [-0.05, 0) is 13.3 Å². The van der Waals surface area contributed by atoms with E-state index in [2.05, 4.69) is 0 Å². The molecule has 1 heterocycles. The van der Waals surface area contributed by atoms with Crippen LogP contribution in [0.2, 0.25) is 0 Å². The van der Waals surface area contributed by atoms with Gasteiger partial charge in [0.05, 0.1) is 6.54 Å². The van der Waals surface area contributed by atoms with E-state index >= 15 is 0 Å². The van der Waals surface area contributed by atoms with Crippen molar-refractivity contribution < 1.29 is 24.6 Å². The Morgan fingerprint density at radius 3 is 2.67 bits per heavy atom. The van der Waals surface area contributed by atoms with Gasteiger partial charge in [-0.3, -0.25) is 9.59 Å². The molecule has 0 aromatic heterocycles. The minimum absolute atomic E-state index is 0.154. The molecule has 6 heteroatoms. The fraction of sp³-hybridized carbons (Fsp3) is 0.667. The van der Waals surface area contributed by atoms with Crippen LogP contribution in [-0.2, 0) is 14.4 Å². The van der Waals surface area contributed by atoms with Crippen LogP contribution in [0.3, 0.4) is 0 Å². The Morgan fingerprint density at radius 1 is 1.60 bits per heavy atom. The van der Waals surface area contributed by atoms with Crippen molar-refractivity contribution in [2.75, 3.05) is 6.54 Å². The number of hydrogen-bond acceptors (Lipinski definition) is 4. The molecule has 0 spiro atoms. The van der Waals surface area contributed by atoms with E-state index in [1.807, 2.05) is 0 Å². The smallest absolute Gasteiger partial charge is 0.326 e. The molecule has 1 aliphatic rings. The molecule has 2 atom stereocenters. The zero-order valence-corrected chi connectivity index (χ0v) is 8.34. The first-order valence-corrected chi connectivity index (χ1v) is 4.64. The van der Waals surface area contributed by atoms with E-state index in [1.54, 1.807) is 0 Å². The number of ketones is 1. The van der Waals surface area contributed by atoms with E-state index in [-0.39, 0.29) is 25.3 Å². The summed E-state index contributed by atoms with van der Waals surface area (Å²) >= 11 is 0. The van der Waals surface area contributed by atoms with Gasteiger partial charge in [0, 0.05) is 6.42 Å². The number of likely N-dealkylation sites (tertiary alicyclic amines) is 1. The predicted octanol–water partition coefficient (Wildman–Crippen LogP) is -0.988. The highest BCUT2D eigenvalue weighted by Gasteiger charge is 2.37. The summed E-state index contributed by atoms with van der Waals surface area (Å²) in [6, 6.07) is -0.911. The van der Waals surface area contributed by atoms with Crippen LogP contribution in [0.4, 0.5) is 0 Å². The lowest BCUT2D eigenvalue weighted by Gasteiger charge is -2.23. The Bertz CT molecular complexity index is 301. The molecule has 0 aromatic carbocycles. The van der Waals surface area contributed by atoms with E-state index < -0.39 is 23.9 Å². The van der Waals surface area contributed by atoms with Gasteiger partial charge in [0.2, 0.25) is 5.91 Å². The molecule has 0 bridgehead atoms. The molecular formula is C9H13NO5. The van der Waals surface area contributed by atoms with E-state index in [9.17, 15) is 19.5 Å². The molecule has 0 saturated carbocycles. The van der Waals surface area contributed by atoms with Crippen molar-refractivity contribution in [1.82, 2.24) is 4.90 Å². The Balaban J connectivity index is 2.69. The summed E-state index contributed by atoms with van der Waals surface area (Å²) in [6.45, 7) is 0.964. The third-order valence-corrected chi connectivity index (χ3v) is 2.45. The number of carboxylic acid groups (broad SMARTS) is 1. The molecule has 1 fully saturated rings. The topological polar surface area (TPSA) is 94.9 Å². The van der Waals surface area contributed by atoms with E-state index in [4.69, 9.17) is 5.11 Å². The van der Waals surface area contributed by atoms with Crippen molar-refractivity contribution in [2.24, 2.45) is 0 Å². The van der Waals surface area contributed by atoms with Crippen molar-refractivity contribution in [3.05, 3.63) is 0 Å². The van der Waals surface area contributed by atoms with Crippen LogP contribution >= 0.6 is 0 Å². The lowest BCUT2D eigenvalue weighted by atomic mass is 10.2. The molecule has 0 aromatic rings. The Labute approximate surface area is 86.5 Å². The second kappa shape index (κ2) is 4.39. The monoisotopic (exact) mass is 215 g/mol. The number of hydrogen-bond donors (Lipinski definition) is 2. The van der Waals surface area contributed by atoms with Crippen LogP contribution in [0, 0.1) is 0 Å². The van der Waals surface area contributed by atoms with Crippen LogP contribution in [0.1, 0.15) is 19.8 Å². The molecule has 1 saturated heterocycles. The van der Waals surface area contributed by atoms with Gasteiger partial charge >= 0.3 is 5.97 Å². The molecule has 1 aliphatic heterocycles. The molecule has 0 radical (unpaired) electrons. The van der Waals surface area contributed by atoms with Gasteiger partial charge in [0.25, 0.3) is 0 Å². The normalized spacial score (nSPS) is 22.9. The van der Waals surface area contributed by atoms with Gasteiger partial charge < -0.3 is 15.1 Å². The number of rotatable bonds is 4. The third kappa shape index (κ3) is 2.53. The number of carbonyl (C=O) groups is 3. The summed E-state index contributed by atoms with van der Waals surface area (Å²) in [5.74, 6) is -1.90. The summed E-state index contributed by atoms with van der Waals surface area (Å²) in [6.07, 6.45) is -0.908. The Morgan fingerprint density at radius 2 is 2.20 bits per heavy atom. The highest BCUT2D eigenvalue weighted by molar-refractivity contribution is 5.88. The molecule has 15 heavy (non-hydrogen) atoms. The molecule has 84 valence electrons. The van der Waals surface area contributed by atoms with E-state index in [0.717, 1.165) is 4.90 Å². The fourth-order valence-corrected chi connectivity index (χ4v) is 1.53. The van der Waals surface area contributed by atoms with Gasteiger partial charge in [0.1, 0.15) is 12.1 Å². The standard InChI is InChI=1S/C9H13NO5/c1-5(11)7(12)4-10-6(9(14)15)2-3-8(10)13/h6-7,12H,2-4H2,1H3,(H,14,15)/t6-,7?/m0/s1. The summed E-state index contributed by atoms with van der Waals surface area (Å²) in [4.78, 5) is 33.9. The van der Waals surface area contributed by atoms with E-state index in [1.165, 1.54) is 6.92 Å². The first-order chi connectivity index (χ1) is 6.93. The van der Waals surface area contributed by atoms with Crippen molar-refractivity contribution in [1.29, 1.82) is 0 Å². The number of aliphatic hydroxyl groups is 1. The first-order valence-electron chi connectivity index (χ1n) is 4.64. The highest BCUT2D eigenvalue weighted by Crippen LogP contribution is 2.19. The minimum Gasteiger partial charge on any atom is -0.480 e. The minimum atomic E-state index is -1.30. The van der Waals surface area contributed by atoms with Crippen LogP contribution in [0.15, 0.2) is 0 Å². The first kappa shape index (κ1) is 11.6. The van der Waals surface area contributed by atoms with Crippen molar-refractivity contribution in [3.63, 3.8) is 0 Å². The van der Waals surface area contributed by atoms with Gasteiger partial charge in [0.15, 0.2) is 5.78 Å². The molecule has 2 N–H and O–H groups in total. The fourth-order valence-electron chi connectivity index (χ4n) is 1.53. The van der Waals surface area contributed by atoms with Crippen molar-refractivity contribution >= 4 is 17.7 Å². The maximum atomic E-state index is 11.3. The Hall–Kier alpha value is -1.43. The number of nitrogens with zero attached hydrogens (tertiary/aromatic N) is 1. The van der Waals surface area contributed by atoms with Gasteiger partial charge in [-0.1, -0.05) is 0 Å². The van der Waals surface area contributed by atoms with Crippen molar-refractivity contribution in [2.45, 2.75) is 31.9 Å². The molecule has 6 nitrogen and oxygen atoms in total. The number of aliphatic carboxylic acids is 1. The summed E-state index contributed by atoms with van der Waals surface area (Å²) < 4.78 is 0. The van der Waals surface area contributed by atoms with Gasteiger partial charge in [-0.2, -0.15) is 0 Å². The molecule has 1 rings (SSSR count). The van der Waals surface area contributed by atoms with Gasteiger partial charge in [-0.15, -0.1) is 0 Å². The number of amides is 1. The number of Topliss-reactive ketones (excluding diaryl/α,β-unsaturated/α-hetero) is 1. The second-order valence-electron chi connectivity index (χ2n) is 3.57.